The first-order chi connectivity index (χ1) is 20.6. The molecule has 3 fully saturated rings. The Morgan fingerprint density at radius 1 is 0.881 bits per heavy atom. The number of hydrazine groups is 1. The van der Waals surface area contributed by atoms with Gasteiger partial charge >= 0.3 is 0 Å². The molecule has 1 aliphatic carbocycles. The Kier molecular flexibility index (Phi) is 10.00. The maximum Gasteiger partial charge on any atom is 0.225 e. The topological polar surface area (TPSA) is 92.3 Å². The third-order valence-electron chi connectivity index (χ3n) is 8.67. The van der Waals surface area contributed by atoms with Crippen molar-refractivity contribution in [1.82, 2.24) is 20.6 Å². The third-order valence-corrected chi connectivity index (χ3v) is 11.3. The summed E-state index contributed by atoms with van der Waals surface area (Å²) in [4.78, 5) is 29.9. The number of carbonyl (C=O) groups is 2. The lowest BCUT2D eigenvalue weighted by Gasteiger charge is -2.41. The van der Waals surface area contributed by atoms with Gasteiger partial charge in [0.25, 0.3) is 0 Å². The number of hydrogen-bond donors (Lipinski definition) is 3. The lowest BCUT2D eigenvalue weighted by atomic mass is 9.87. The van der Waals surface area contributed by atoms with Gasteiger partial charge < -0.3 is 20.4 Å². The van der Waals surface area contributed by atoms with E-state index in [1.54, 1.807) is 0 Å². The number of hydrogen-bond acceptors (Lipinski definition) is 8. The fourth-order valence-electron chi connectivity index (χ4n) is 6.00. The Morgan fingerprint density at radius 3 is 2.10 bits per heavy atom. The molecule has 0 radical (unpaired) electrons. The molecule has 42 heavy (non-hydrogen) atoms. The Labute approximate surface area is 256 Å². The summed E-state index contributed by atoms with van der Waals surface area (Å²) < 4.78 is 6.73. The summed E-state index contributed by atoms with van der Waals surface area (Å²) in [6, 6.07) is 17.2. The van der Waals surface area contributed by atoms with Gasteiger partial charge in [0.2, 0.25) is 11.8 Å². The molecule has 3 aliphatic heterocycles. The third kappa shape index (κ3) is 7.67. The maximum atomic E-state index is 12.7. The number of anilines is 2. The maximum absolute atomic E-state index is 12.7. The van der Waals surface area contributed by atoms with Crippen LogP contribution in [0.15, 0.2) is 53.0 Å². The van der Waals surface area contributed by atoms with Gasteiger partial charge in [-0.2, -0.15) is 4.41 Å². The van der Waals surface area contributed by atoms with Gasteiger partial charge in [-0.3, -0.25) is 9.59 Å². The van der Waals surface area contributed by atoms with Gasteiger partial charge in [-0.1, -0.05) is 30.7 Å². The van der Waals surface area contributed by atoms with E-state index in [4.69, 9.17) is 0 Å². The minimum absolute atomic E-state index is 0.0501. The lowest BCUT2D eigenvalue weighted by Crippen LogP contribution is -2.55. The smallest absolute Gasteiger partial charge is 0.225 e. The number of thioether (sulfide) groups is 1. The van der Waals surface area contributed by atoms with E-state index in [0.29, 0.717) is 36.6 Å². The van der Waals surface area contributed by atoms with E-state index in [9.17, 15) is 9.59 Å². The molecule has 4 aliphatic rings. The molecular weight excluding hydrogens is 567 g/mol. The average Bonchev–Trinajstić information content (AvgIpc) is 2.89. The molecule has 2 saturated heterocycles. The number of rotatable bonds is 13. The van der Waals surface area contributed by atoms with Crippen LogP contribution in [0.25, 0.3) is 0 Å². The zero-order valence-electron chi connectivity index (χ0n) is 24.3. The van der Waals surface area contributed by atoms with E-state index in [1.165, 1.54) is 37.1 Å². The van der Waals surface area contributed by atoms with Crippen molar-refractivity contribution < 1.29 is 9.59 Å². The molecule has 3 heterocycles. The molecule has 3 atom stereocenters. The van der Waals surface area contributed by atoms with E-state index < -0.39 is 0 Å². The molecule has 0 bridgehead atoms. The molecule has 9 nitrogen and oxygen atoms in total. The Balaban J connectivity index is 0.874. The monoisotopic (exact) mass is 609 g/mol. The zero-order chi connectivity index (χ0) is 28.7. The highest BCUT2D eigenvalue weighted by Gasteiger charge is 2.33. The van der Waals surface area contributed by atoms with Crippen LogP contribution in [0.2, 0.25) is 0 Å². The Bertz CT molecular complexity index is 1280. The second kappa shape index (κ2) is 14.2. The molecular formula is C31H43N7O2S2. The van der Waals surface area contributed by atoms with Crippen molar-refractivity contribution in [3.8, 4) is 0 Å². The molecule has 2 amide bonds. The van der Waals surface area contributed by atoms with Gasteiger partial charge in [0.05, 0.1) is 24.6 Å². The molecule has 226 valence electrons. The highest BCUT2D eigenvalue weighted by Crippen LogP contribution is 2.31. The summed E-state index contributed by atoms with van der Waals surface area (Å²) in [5.74, 6) is 3.02. The summed E-state index contributed by atoms with van der Waals surface area (Å²) in [5.41, 5.74) is 7.74. The number of nitrogens with zero attached hydrogens (tertiary/aromatic N) is 4. The van der Waals surface area contributed by atoms with Crippen LogP contribution in [0.3, 0.4) is 0 Å². The largest absolute Gasteiger partial charge is 0.371 e. The highest BCUT2D eigenvalue weighted by atomic mass is 32.2. The van der Waals surface area contributed by atoms with Crippen LogP contribution < -0.4 is 26.0 Å². The fourth-order valence-corrected chi connectivity index (χ4v) is 8.34. The first-order valence-electron chi connectivity index (χ1n) is 15.4. The predicted octanol–water partition coefficient (Wildman–Crippen LogP) is 3.78. The van der Waals surface area contributed by atoms with Crippen molar-refractivity contribution in [1.29, 1.82) is 0 Å². The second-order valence-corrected chi connectivity index (χ2v) is 14.4. The summed E-state index contributed by atoms with van der Waals surface area (Å²) >= 11 is 1.82. The van der Waals surface area contributed by atoms with Crippen LogP contribution in [-0.2, 0) is 33.3 Å². The highest BCUT2D eigenvalue weighted by molar-refractivity contribution is 7.99. The molecule has 6 rings (SSSR count). The van der Waals surface area contributed by atoms with Gasteiger partial charge in [-0.05, 0) is 79.2 Å². The minimum Gasteiger partial charge on any atom is -0.371 e. The number of carbonyl (C=O) groups excluding carboxylic acids is 2. The first kappa shape index (κ1) is 29.5. The molecule has 11 heteroatoms. The van der Waals surface area contributed by atoms with E-state index in [0.717, 1.165) is 55.9 Å². The van der Waals surface area contributed by atoms with Crippen LogP contribution in [0.1, 0.15) is 49.7 Å². The van der Waals surface area contributed by atoms with E-state index in [-0.39, 0.29) is 22.7 Å². The van der Waals surface area contributed by atoms with Crippen molar-refractivity contribution in [2.75, 3.05) is 53.5 Å². The van der Waals surface area contributed by atoms with Crippen LogP contribution >= 0.6 is 11.8 Å². The summed E-state index contributed by atoms with van der Waals surface area (Å²) in [7, 11) is -0.324. The summed E-state index contributed by atoms with van der Waals surface area (Å²) in [6.07, 6.45) is 8.03. The molecule has 3 N–H and O–H groups in total. The van der Waals surface area contributed by atoms with E-state index in [2.05, 4.69) is 65.2 Å². The lowest BCUT2D eigenvalue weighted by molar-refractivity contribution is -0.120. The fraction of sp³-hybridized carbons (Fsp3) is 0.548. The Hall–Kier alpha value is -2.60. The quantitative estimate of drug-likeness (QED) is 0.235. The van der Waals surface area contributed by atoms with Gasteiger partial charge in [0.15, 0.2) is 0 Å². The molecule has 2 aromatic rings. The van der Waals surface area contributed by atoms with Gasteiger partial charge in [-0.15, -0.1) is 21.8 Å². The van der Waals surface area contributed by atoms with Crippen LogP contribution in [-0.4, -0.2) is 66.0 Å². The molecule has 0 spiro atoms. The van der Waals surface area contributed by atoms with Crippen molar-refractivity contribution in [3.63, 3.8) is 0 Å². The predicted molar refractivity (Wildman–Crippen MR) is 173 cm³/mol. The standard InChI is InChI=1S/C31H43N7O2S2/c39-30(19-24-6-1-9-27(16-24)36-12-4-13-36)32-22-41-21-26-8-3-11-29(18-26)38-34-35-42(38)23-33-31(40)20-25-7-2-10-28(17-25)37-14-5-15-37/h1-2,6-7,9-10,16-17,26,29,34H,3-5,8,11-15,18-23H2,(H,32,39)(H,33,40)/t26?,29-,42?/m0/s1. The van der Waals surface area contributed by atoms with Gasteiger partial charge in [-0.25, -0.2) is 0 Å². The normalized spacial score (nSPS) is 23.7. The summed E-state index contributed by atoms with van der Waals surface area (Å²) in [5, 5.41) is 6.21. The van der Waals surface area contributed by atoms with Crippen molar-refractivity contribution in [2.24, 2.45) is 10.4 Å². The number of amides is 2. The molecule has 1 saturated carbocycles. The van der Waals surface area contributed by atoms with Crippen LogP contribution in [0.4, 0.5) is 11.4 Å². The SMILES string of the molecule is O=C(Cc1cccc(N2CCC2)c1)NCSCC1CCC[C@H](N2NN=S2CNC(=O)Cc2cccc(N3CCC3)c2)C1. The first-order valence-corrected chi connectivity index (χ1v) is 17.8. The summed E-state index contributed by atoms with van der Waals surface area (Å²) in [6.45, 7) is 4.44. The molecule has 2 aromatic carbocycles. The van der Waals surface area contributed by atoms with Crippen molar-refractivity contribution in [3.05, 3.63) is 59.7 Å². The van der Waals surface area contributed by atoms with E-state index in [1.807, 2.05) is 30.0 Å². The second-order valence-electron chi connectivity index (χ2n) is 11.8. The zero-order valence-corrected chi connectivity index (χ0v) is 25.9. The minimum atomic E-state index is -0.324. The molecule has 0 aromatic heterocycles. The van der Waals surface area contributed by atoms with Crippen molar-refractivity contribution in [2.45, 2.75) is 57.4 Å². The number of benzene rings is 2. The van der Waals surface area contributed by atoms with Gasteiger partial charge in [0, 0.05) is 54.5 Å². The Morgan fingerprint density at radius 2 is 1.52 bits per heavy atom. The number of nitrogens with one attached hydrogen (secondary N) is 3. The van der Waals surface area contributed by atoms with Crippen LogP contribution in [0, 0.1) is 5.92 Å². The van der Waals surface area contributed by atoms with Gasteiger partial charge in [0.1, 0.15) is 0 Å². The average molecular weight is 610 g/mol. The van der Waals surface area contributed by atoms with Crippen molar-refractivity contribution >= 4 is 45.8 Å². The van der Waals surface area contributed by atoms with Crippen LogP contribution in [0.5, 0.6) is 0 Å². The van der Waals surface area contributed by atoms with E-state index >= 15 is 0 Å². The molecule has 2 unspecified atom stereocenters.